The lowest BCUT2D eigenvalue weighted by molar-refractivity contribution is 0.0614. The van der Waals surface area contributed by atoms with Crippen molar-refractivity contribution in [3.63, 3.8) is 0 Å². The van der Waals surface area contributed by atoms with Gasteiger partial charge in [0.15, 0.2) is 11.1 Å². The van der Waals surface area contributed by atoms with E-state index in [1.165, 1.54) is 10.8 Å². The van der Waals surface area contributed by atoms with E-state index in [1.54, 1.807) is 12.1 Å². The fraction of sp³-hybridized carbons (Fsp3) is 0.636. The van der Waals surface area contributed by atoms with Crippen molar-refractivity contribution < 1.29 is 21.7 Å². The normalized spacial score (nSPS) is 41.8. The number of hydrogen-bond donors (Lipinski definition) is 1. The van der Waals surface area contributed by atoms with E-state index in [1.807, 2.05) is 12.1 Å². The number of allylic oxidation sites excluding steroid dienone is 2. The average Bonchev–Trinajstić information content (AvgIpc) is 2.79. The summed E-state index contributed by atoms with van der Waals surface area (Å²) in [6.45, 7) is 13.4. The molecular formula is C22H34O5SSi2. The van der Waals surface area contributed by atoms with Crippen LogP contribution in [0.25, 0.3) is 0 Å². The summed E-state index contributed by atoms with van der Waals surface area (Å²) in [6.07, 6.45) is 5.45. The minimum atomic E-state index is -2.58. The summed E-state index contributed by atoms with van der Waals surface area (Å²) in [4.78, 5) is 0.451. The molecule has 0 amide bonds. The second-order valence-corrected chi connectivity index (χ2v) is 18.1. The van der Waals surface area contributed by atoms with E-state index in [9.17, 15) is 8.76 Å². The number of benzene rings is 1. The van der Waals surface area contributed by atoms with Crippen molar-refractivity contribution in [3.05, 3.63) is 41.1 Å². The quantitative estimate of drug-likeness (QED) is 0.468. The molecule has 0 aromatic heterocycles. The molecule has 8 heteroatoms. The molecule has 2 bridgehead atoms. The largest absolute Gasteiger partial charge is 0.411 e. The molecular weight excluding hydrogens is 432 g/mol. The van der Waals surface area contributed by atoms with Gasteiger partial charge in [-0.1, -0.05) is 39.0 Å². The van der Waals surface area contributed by atoms with Crippen LogP contribution < -0.4 is 0 Å². The molecule has 1 aromatic rings. The van der Waals surface area contributed by atoms with E-state index in [0.29, 0.717) is 16.4 Å². The minimum Gasteiger partial charge on any atom is -0.411 e. The van der Waals surface area contributed by atoms with Gasteiger partial charge in [-0.25, -0.2) is 4.21 Å². The summed E-state index contributed by atoms with van der Waals surface area (Å²) in [5.41, 5.74) is 1.57. The first-order valence-electron chi connectivity index (χ1n) is 11.0. The zero-order chi connectivity index (χ0) is 21.9. The Labute approximate surface area is 185 Å². The smallest absolute Gasteiger partial charge is 0.362 e. The van der Waals surface area contributed by atoms with E-state index >= 15 is 0 Å². The van der Waals surface area contributed by atoms with Gasteiger partial charge in [0, 0.05) is 10.6 Å². The van der Waals surface area contributed by atoms with Crippen LogP contribution in [-0.4, -0.2) is 38.1 Å². The van der Waals surface area contributed by atoms with Crippen LogP contribution in [-0.2, 0) is 24.0 Å². The molecule has 1 aliphatic carbocycles. The van der Waals surface area contributed by atoms with Gasteiger partial charge in [-0.05, 0) is 68.5 Å². The highest BCUT2D eigenvalue weighted by Crippen LogP contribution is 2.64. The Balaban J connectivity index is 1.62. The van der Waals surface area contributed by atoms with Gasteiger partial charge in [0.1, 0.15) is 0 Å². The van der Waals surface area contributed by atoms with E-state index in [2.05, 4.69) is 47.2 Å². The predicted molar refractivity (Wildman–Crippen MR) is 123 cm³/mol. The number of hydrogen-bond acceptors (Lipinski definition) is 4. The van der Waals surface area contributed by atoms with Gasteiger partial charge >= 0.3 is 17.1 Å². The van der Waals surface area contributed by atoms with Crippen molar-refractivity contribution in [1.82, 2.24) is 0 Å². The van der Waals surface area contributed by atoms with Crippen LogP contribution in [0.5, 0.6) is 0 Å². The van der Waals surface area contributed by atoms with Gasteiger partial charge < -0.3 is 17.5 Å². The highest BCUT2D eigenvalue weighted by atomic mass is 32.2. The fourth-order valence-electron chi connectivity index (χ4n) is 5.23. The highest BCUT2D eigenvalue weighted by Gasteiger charge is 2.72. The Morgan fingerprint density at radius 1 is 1.10 bits per heavy atom. The second kappa shape index (κ2) is 7.76. The van der Waals surface area contributed by atoms with Crippen molar-refractivity contribution >= 4 is 28.2 Å². The molecule has 1 N–H and O–H groups in total. The van der Waals surface area contributed by atoms with Crippen LogP contribution in [0.4, 0.5) is 0 Å². The summed E-state index contributed by atoms with van der Waals surface area (Å²) >= 11 is -1.92. The van der Waals surface area contributed by atoms with E-state index in [0.717, 1.165) is 19.3 Å². The van der Waals surface area contributed by atoms with Gasteiger partial charge in [0.25, 0.3) is 0 Å². The summed E-state index contributed by atoms with van der Waals surface area (Å²) in [5, 5.41) is 1.40. The Morgan fingerprint density at radius 3 is 2.30 bits per heavy atom. The van der Waals surface area contributed by atoms with Crippen molar-refractivity contribution in [1.29, 1.82) is 0 Å². The molecule has 166 valence electrons. The summed E-state index contributed by atoms with van der Waals surface area (Å²) in [6, 6.07) is 7.50. The maximum atomic E-state index is 11.2. The molecule has 0 radical (unpaired) electrons. The molecule has 30 heavy (non-hydrogen) atoms. The van der Waals surface area contributed by atoms with Crippen LogP contribution >= 0.6 is 0 Å². The molecule has 0 saturated carbocycles. The van der Waals surface area contributed by atoms with Crippen LogP contribution in [0.1, 0.15) is 65.4 Å². The van der Waals surface area contributed by atoms with Crippen molar-refractivity contribution in [3.8, 4) is 0 Å². The Kier molecular flexibility index (Phi) is 5.84. The van der Waals surface area contributed by atoms with Crippen LogP contribution in [0.3, 0.4) is 0 Å². The lowest BCUT2D eigenvalue weighted by Gasteiger charge is -2.42. The minimum absolute atomic E-state index is 0.00108. The Bertz CT molecular complexity index is 873. The monoisotopic (exact) mass is 466 g/mol. The zero-order valence-corrected chi connectivity index (χ0v) is 21.6. The second-order valence-electron chi connectivity index (χ2n) is 9.82. The lowest BCUT2D eigenvalue weighted by Crippen LogP contribution is -2.49. The maximum Gasteiger partial charge on any atom is 0.362 e. The Morgan fingerprint density at radius 2 is 1.73 bits per heavy atom. The first-order valence-corrected chi connectivity index (χ1v) is 16.3. The summed E-state index contributed by atoms with van der Waals surface area (Å²) in [5.74, 6) is 0.423. The van der Waals surface area contributed by atoms with Crippen LogP contribution in [0.15, 0.2) is 40.4 Å². The van der Waals surface area contributed by atoms with E-state index in [-0.39, 0.29) is 17.2 Å². The molecule has 5 nitrogen and oxygen atoms in total. The molecule has 2 heterocycles. The molecule has 2 saturated heterocycles. The highest BCUT2D eigenvalue weighted by molar-refractivity contribution is 7.79. The van der Waals surface area contributed by atoms with Gasteiger partial charge in [0.2, 0.25) is 0 Å². The lowest BCUT2D eigenvalue weighted by atomic mass is 9.88. The van der Waals surface area contributed by atoms with Crippen molar-refractivity contribution in [2.75, 3.05) is 0 Å². The molecule has 2 aliphatic heterocycles. The molecule has 1 aromatic carbocycles. The van der Waals surface area contributed by atoms with Gasteiger partial charge in [-0.3, -0.25) is 0 Å². The zero-order valence-electron chi connectivity index (χ0n) is 18.8. The maximum absolute atomic E-state index is 11.2. The summed E-state index contributed by atoms with van der Waals surface area (Å²) in [7, 11) is -4.97. The van der Waals surface area contributed by atoms with Gasteiger partial charge in [0.05, 0.1) is 17.1 Å². The van der Waals surface area contributed by atoms with E-state index in [4.69, 9.17) is 13.0 Å². The molecule has 7 unspecified atom stereocenters. The van der Waals surface area contributed by atoms with Crippen molar-refractivity contribution in [2.45, 2.75) is 94.0 Å². The predicted octanol–water partition coefficient (Wildman–Crippen LogP) is 5.54. The van der Waals surface area contributed by atoms with Crippen LogP contribution in [0, 0.1) is 0 Å². The van der Waals surface area contributed by atoms with Gasteiger partial charge in [-0.15, -0.1) is 0 Å². The van der Waals surface area contributed by atoms with E-state index < -0.39 is 28.2 Å². The summed E-state index contributed by atoms with van der Waals surface area (Å²) < 4.78 is 40.9. The Hall–Kier alpha value is -0.616. The first-order chi connectivity index (χ1) is 14.0. The number of rotatable bonds is 3. The van der Waals surface area contributed by atoms with Crippen LogP contribution in [0.2, 0.25) is 17.1 Å². The molecule has 0 spiro atoms. The molecule has 3 aliphatic rings. The average molecular weight is 467 g/mol. The fourth-order valence-corrected chi connectivity index (χ4v) is 17.4. The first kappa shape index (κ1) is 22.6. The molecule has 2 fully saturated rings. The third kappa shape index (κ3) is 3.45. The molecule has 7 atom stereocenters. The third-order valence-electron chi connectivity index (χ3n) is 8.01. The third-order valence-corrected chi connectivity index (χ3v) is 19.3. The standard InChI is InChI=1S/C22H34O5SSi2/c1-15-16(2)26-30(17(3)22(4,5)29(6,25-15)27-30)21-13-9-19(10-14-21)18-7-11-20(12-8-18)28(23)24/h7-8,11-13,15-17,19H,9-10,14H2,1-6H3,(H,23,24). The number of fused-ring (bicyclic) bond motifs is 2. The molecule has 4 rings (SSSR count). The van der Waals surface area contributed by atoms with Gasteiger partial charge in [-0.2, -0.15) is 0 Å². The SMILES string of the molecule is CC1O[Si]2(C3=CCC(c4ccc(S(=O)O)cc4)CC3)O[Si](C)(OC1C)C(C)(C)C2C. The topological polar surface area (TPSA) is 65.0 Å². The van der Waals surface area contributed by atoms with Crippen molar-refractivity contribution in [2.24, 2.45) is 0 Å².